The molecule has 0 amide bonds. The Morgan fingerprint density at radius 1 is 0.339 bits per heavy atom. The molecule has 0 unspecified atom stereocenters. The predicted octanol–water partition coefficient (Wildman–Crippen LogP) is 16.5. The van der Waals surface area contributed by atoms with E-state index in [1.165, 1.54) is 21.8 Å². The summed E-state index contributed by atoms with van der Waals surface area (Å²) in [5, 5.41) is 9.15. The van der Waals surface area contributed by atoms with E-state index in [0.717, 1.165) is 99.7 Å². The molecule has 0 spiro atoms. The van der Waals surface area contributed by atoms with Crippen LogP contribution in [0.5, 0.6) is 0 Å². The van der Waals surface area contributed by atoms with Crippen LogP contribution < -0.4 is 4.90 Å². The van der Waals surface area contributed by atoms with E-state index in [0.29, 0.717) is 0 Å². The van der Waals surface area contributed by atoms with Gasteiger partial charge in [-0.1, -0.05) is 152 Å². The summed E-state index contributed by atoms with van der Waals surface area (Å²) < 4.78 is 15.8. The van der Waals surface area contributed by atoms with E-state index in [1.54, 1.807) is 0 Å². The lowest BCUT2D eigenvalue weighted by molar-refractivity contribution is 0.669. The van der Waals surface area contributed by atoms with Gasteiger partial charge in [0.15, 0.2) is 0 Å². The first kappa shape index (κ1) is 34.5. The first-order valence-corrected chi connectivity index (χ1v) is 21.1. The van der Waals surface area contributed by atoms with Crippen LogP contribution in [0.2, 0.25) is 0 Å². The second kappa shape index (κ2) is 13.6. The van der Waals surface area contributed by atoms with Crippen LogP contribution in [0.25, 0.3) is 104 Å². The van der Waals surface area contributed by atoms with Crippen molar-refractivity contribution in [3.8, 4) is 27.9 Å². The normalized spacial score (nSPS) is 11.9. The van der Waals surface area contributed by atoms with E-state index < -0.39 is 0 Å². The quantitative estimate of drug-likeness (QED) is 0.168. The van der Waals surface area contributed by atoms with Crippen LogP contribution in [-0.4, -0.2) is 4.57 Å². The smallest absolute Gasteiger partial charge is 0.145 e. The predicted molar refractivity (Wildman–Crippen MR) is 258 cm³/mol. The minimum atomic E-state index is 0.846. The summed E-state index contributed by atoms with van der Waals surface area (Å²) in [7, 11) is 0. The fraction of sp³-hybridized carbons (Fsp3) is 0. The molecular weight excluding hydrogens is 757 g/mol. The highest BCUT2D eigenvalue weighted by atomic mass is 16.3. The Morgan fingerprint density at radius 3 is 1.69 bits per heavy atom. The molecule has 13 rings (SSSR count). The molecule has 0 aliphatic rings. The lowest BCUT2D eigenvalue weighted by Gasteiger charge is -2.31. The Kier molecular flexibility index (Phi) is 7.57. The van der Waals surface area contributed by atoms with Gasteiger partial charge in [0.05, 0.1) is 28.1 Å². The van der Waals surface area contributed by atoms with E-state index in [9.17, 15) is 0 Å². The molecule has 3 aromatic heterocycles. The molecule has 0 aliphatic heterocycles. The van der Waals surface area contributed by atoms with Crippen LogP contribution in [-0.2, 0) is 0 Å². The van der Waals surface area contributed by atoms with Gasteiger partial charge < -0.3 is 18.3 Å². The Hall–Kier alpha value is -8.34. The summed E-state index contributed by atoms with van der Waals surface area (Å²) in [5.41, 5.74) is 14.3. The minimum Gasteiger partial charge on any atom is -0.456 e. The summed E-state index contributed by atoms with van der Waals surface area (Å²) >= 11 is 0. The second-order valence-electron chi connectivity index (χ2n) is 16.0. The number of nitrogens with zero attached hydrogens (tertiary/aromatic N) is 2. The average Bonchev–Trinajstić information content (AvgIpc) is 4.02. The third-order valence-electron chi connectivity index (χ3n) is 12.6. The zero-order valence-electron chi connectivity index (χ0n) is 33.5. The van der Waals surface area contributed by atoms with Gasteiger partial charge >= 0.3 is 0 Å². The maximum atomic E-state index is 6.97. The molecule has 0 fully saturated rings. The molecule has 0 aliphatic carbocycles. The molecular formula is C58H36N2O2. The molecule has 0 N–H and O–H groups in total. The Balaban J connectivity index is 1.10. The van der Waals surface area contributed by atoms with Gasteiger partial charge in [-0.2, -0.15) is 0 Å². The number of rotatable bonds is 6. The number of hydrogen-bond acceptors (Lipinski definition) is 3. The van der Waals surface area contributed by atoms with E-state index in [1.807, 2.05) is 12.1 Å². The van der Waals surface area contributed by atoms with Crippen molar-refractivity contribution in [2.45, 2.75) is 0 Å². The van der Waals surface area contributed by atoms with Gasteiger partial charge in [-0.15, -0.1) is 0 Å². The van der Waals surface area contributed by atoms with Crippen LogP contribution in [0.15, 0.2) is 227 Å². The first-order chi connectivity index (χ1) is 30.8. The molecule has 290 valence electrons. The van der Waals surface area contributed by atoms with Gasteiger partial charge in [-0.3, -0.25) is 0 Å². The topological polar surface area (TPSA) is 34.5 Å². The first-order valence-electron chi connectivity index (χ1n) is 21.1. The van der Waals surface area contributed by atoms with Gasteiger partial charge in [-0.25, -0.2) is 0 Å². The minimum absolute atomic E-state index is 0.846. The van der Waals surface area contributed by atoms with Gasteiger partial charge in [0.2, 0.25) is 0 Å². The zero-order chi connectivity index (χ0) is 40.7. The maximum absolute atomic E-state index is 6.97. The highest BCUT2D eigenvalue weighted by Crippen LogP contribution is 2.51. The number of hydrogen-bond donors (Lipinski definition) is 0. The van der Waals surface area contributed by atoms with E-state index in [-0.39, 0.29) is 0 Å². The molecule has 3 heterocycles. The third kappa shape index (κ3) is 5.14. The van der Waals surface area contributed by atoms with Crippen LogP contribution in [0.4, 0.5) is 17.1 Å². The monoisotopic (exact) mass is 792 g/mol. The molecule has 4 nitrogen and oxygen atoms in total. The third-order valence-corrected chi connectivity index (χ3v) is 12.6. The summed E-state index contributed by atoms with van der Waals surface area (Å²) in [6.07, 6.45) is 0. The van der Waals surface area contributed by atoms with Crippen molar-refractivity contribution in [2.75, 3.05) is 4.90 Å². The highest BCUT2D eigenvalue weighted by Gasteiger charge is 2.27. The Labute approximate surface area is 356 Å². The van der Waals surface area contributed by atoms with Gasteiger partial charge in [0, 0.05) is 54.5 Å². The number of furan rings is 2. The van der Waals surface area contributed by atoms with E-state index in [4.69, 9.17) is 8.83 Å². The van der Waals surface area contributed by atoms with E-state index >= 15 is 0 Å². The molecule has 0 saturated carbocycles. The molecule has 0 atom stereocenters. The number of aromatic nitrogens is 1. The van der Waals surface area contributed by atoms with Crippen molar-refractivity contribution < 1.29 is 8.83 Å². The SMILES string of the molecule is c1ccc(N(c2ccc3c(oc4ccccc43)c2-c2ccc(-n3c4ccccc4c4ccccc43)cc2)c2cccc3ccccc23)c(-c2cccc3oc4ccccc4c23)c1. The van der Waals surface area contributed by atoms with Gasteiger partial charge in [-0.05, 0) is 83.2 Å². The maximum Gasteiger partial charge on any atom is 0.145 e. The average molecular weight is 793 g/mol. The van der Waals surface area contributed by atoms with Crippen LogP contribution in [0.1, 0.15) is 0 Å². The fourth-order valence-electron chi connectivity index (χ4n) is 9.91. The number of fused-ring (bicyclic) bond motifs is 10. The fourth-order valence-corrected chi connectivity index (χ4v) is 9.91. The molecule has 62 heavy (non-hydrogen) atoms. The molecule has 4 heteroatoms. The van der Waals surface area contributed by atoms with E-state index in [2.05, 4.69) is 216 Å². The van der Waals surface area contributed by atoms with Crippen LogP contribution in [0.3, 0.4) is 0 Å². The van der Waals surface area contributed by atoms with Gasteiger partial charge in [0.25, 0.3) is 0 Å². The number of para-hydroxylation sites is 5. The van der Waals surface area contributed by atoms with Crippen LogP contribution >= 0.6 is 0 Å². The lowest BCUT2D eigenvalue weighted by atomic mass is 9.94. The second-order valence-corrected chi connectivity index (χ2v) is 16.0. The lowest BCUT2D eigenvalue weighted by Crippen LogP contribution is -2.13. The summed E-state index contributed by atoms with van der Waals surface area (Å²) in [4.78, 5) is 2.45. The Bertz CT molecular complexity index is 3830. The summed E-state index contributed by atoms with van der Waals surface area (Å²) in [6.45, 7) is 0. The molecule has 0 saturated heterocycles. The summed E-state index contributed by atoms with van der Waals surface area (Å²) in [6, 6.07) is 78.0. The van der Waals surface area contributed by atoms with Crippen molar-refractivity contribution in [2.24, 2.45) is 0 Å². The number of anilines is 3. The van der Waals surface area contributed by atoms with Crippen molar-refractivity contribution in [1.82, 2.24) is 4.57 Å². The number of benzene rings is 10. The molecule has 0 bridgehead atoms. The Morgan fingerprint density at radius 2 is 0.903 bits per heavy atom. The standard InChI is InChI=1S/C58H36N2O2/c1-2-17-40-37(15-1)16-13-27-48(40)60(51-26-10-5-20-43(51)45-23-14-30-55-57(45)47-22-7-12-29-54(47)61-55)52-36-35-46-44-21-6-11-28-53(44)62-58(46)56(52)38-31-33-39(34-32-38)59-49-24-8-3-18-41(49)42-19-4-9-25-50(42)59/h1-36H. The van der Waals surface area contributed by atoms with Gasteiger partial charge in [0.1, 0.15) is 22.3 Å². The molecule has 0 radical (unpaired) electrons. The van der Waals surface area contributed by atoms with Crippen molar-refractivity contribution in [1.29, 1.82) is 0 Å². The van der Waals surface area contributed by atoms with Crippen molar-refractivity contribution in [3.05, 3.63) is 218 Å². The van der Waals surface area contributed by atoms with Crippen molar-refractivity contribution in [3.63, 3.8) is 0 Å². The van der Waals surface area contributed by atoms with Crippen molar-refractivity contribution >= 4 is 93.5 Å². The summed E-state index contributed by atoms with van der Waals surface area (Å²) in [5.74, 6) is 0. The zero-order valence-corrected chi connectivity index (χ0v) is 33.5. The highest BCUT2D eigenvalue weighted by molar-refractivity contribution is 6.17. The van der Waals surface area contributed by atoms with Crippen LogP contribution in [0, 0.1) is 0 Å². The largest absolute Gasteiger partial charge is 0.456 e. The molecule has 10 aromatic carbocycles. The molecule has 13 aromatic rings.